The van der Waals surface area contributed by atoms with E-state index < -0.39 is 22.3 Å². The molecule has 21 heavy (non-hydrogen) atoms. The van der Waals surface area contributed by atoms with Crippen molar-refractivity contribution in [3.63, 3.8) is 0 Å². The normalized spacial score (nSPS) is 10.2. The van der Waals surface area contributed by atoms with Gasteiger partial charge >= 0.3 is 5.69 Å². The van der Waals surface area contributed by atoms with Crippen LogP contribution in [0.2, 0.25) is 10.0 Å². The lowest BCUT2D eigenvalue weighted by molar-refractivity contribution is -0.385. The zero-order chi connectivity index (χ0) is 15.6. The molecule has 2 aromatic rings. The first-order chi connectivity index (χ1) is 9.90. The molecule has 8 heteroatoms. The summed E-state index contributed by atoms with van der Waals surface area (Å²) in [5, 5.41) is 13.2. The smallest absolute Gasteiger partial charge is 0.300 e. The Morgan fingerprint density at radius 3 is 2.57 bits per heavy atom. The van der Waals surface area contributed by atoms with Crippen molar-refractivity contribution in [3.8, 4) is 0 Å². The van der Waals surface area contributed by atoms with E-state index in [0.717, 1.165) is 6.07 Å². The summed E-state index contributed by atoms with van der Waals surface area (Å²) in [4.78, 5) is 22.2. The van der Waals surface area contributed by atoms with Gasteiger partial charge in [-0.25, -0.2) is 4.39 Å². The van der Waals surface area contributed by atoms with Gasteiger partial charge in [0.1, 0.15) is 16.4 Å². The SMILES string of the molecule is O=C(Nc1ccc(Cl)cc1F)c1cccc(Cl)c1[N+](=O)[O-]. The Hall–Kier alpha value is -2.18. The van der Waals surface area contributed by atoms with Gasteiger partial charge in [0, 0.05) is 5.02 Å². The number of rotatable bonds is 3. The molecule has 2 aromatic carbocycles. The summed E-state index contributed by atoms with van der Waals surface area (Å²) in [6.07, 6.45) is 0. The van der Waals surface area contributed by atoms with Gasteiger partial charge in [0.2, 0.25) is 0 Å². The van der Waals surface area contributed by atoms with Crippen molar-refractivity contribution in [2.24, 2.45) is 0 Å². The summed E-state index contributed by atoms with van der Waals surface area (Å²) in [7, 11) is 0. The quantitative estimate of drug-likeness (QED) is 0.674. The standard InChI is InChI=1S/C13H7Cl2FN2O3/c14-7-4-5-11(10(16)6-7)17-13(19)8-2-1-3-9(15)12(8)18(20)21/h1-6H,(H,17,19). The van der Waals surface area contributed by atoms with Crippen LogP contribution in [0.4, 0.5) is 15.8 Å². The highest BCUT2D eigenvalue weighted by Gasteiger charge is 2.24. The molecule has 0 radical (unpaired) electrons. The Balaban J connectivity index is 2.37. The van der Waals surface area contributed by atoms with Gasteiger partial charge in [-0.1, -0.05) is 29.3 Å². The van der Waals surface area contributed by atoms with Gasteiger partial charge in [-0.2, -0.15) is 0 Å². The second-order valence-corrected chi connectivity index (χ2v) is 4.82. The summed E-state index contributed by atoms with van der Waals surface area (Å²) in [6.45, 7) is 0. The van der Waals surface area contributed by atoms with Gasteiger partial charge < -0.3 is 5.32 Å². The predicted octanol–water partition coefficient (Wildman–Crippen LogP) is 4.29. The minimum absolute atomic E-state index is 0.140. The largest absolute Gasteiger partial charge is 0.319 e. The first-order valence-corrected chi connectivity index (χ1v) is 6.35. The van der Waals surface area contributed by atoms with Crippen LogP contribution in [0, 0.1) is 15.9 Å². The lowest BCUT2D eigenvalue weighted by Crippen LogP contribution is -2.15. The number of hydrogen-bond donors (Lipinski definition) is 1. The molecule has 0 spiro atoms. The number of carbonyl (C=O) groups is 1. The van der Waals surface area contributed by atoms with E-state index in [4.69, 9.17) is 23.2 Å². The van der Waals surface area contributed by atoms with Crippen LogP contribution in [-0.4, -0.2) is 10.8 Å². The molecule has 0 bridgehead atoms. The van der Waals surface area contributed by atoms with Crippen LogP contribution in [0.15, 0.2) is 36.4 Å². The molecule has 0 aliphatic carbocycles. The summed E-state index contributed by atoms with van der Waals surface area (Å²) < 4.78 is 13.6. The van der Waals surface area contributed by atoms with E-state index in [1.54, 1.807) is 0 Å². The van der Waals surface area contributed by atoms with Crippen molar-refractivity contribution in [2.45, 2.75) is 0 Å². The maximum absolute atomic E-state index is 13.6. The number of hydrogen-bond acceptors (Lipinski definition) is 3. The molecule has 0 heterocycles. The van der Waals surface area contributed by atoms with E-state index in [0.29, 0.717) is 0 Å². The maximum atomic E-state index is 13.6. The third kappa shape index (κ3) is 3.29. The predicted molar refractivity (Wildman–Crippen MR) is 77.5 cm³/mol. The van der Waals surface area contributed by atoms with E-state index in [2.05, 4.69) is 5.32 Å². The van der Waals surface area contributed by atoms with E-state index in [9.17, 15) is 19.3 Å². The molecule has 0 saturated heterocycles. The highest BCUT2D eigenvalue weighted by molar-refractivity contribution is 6.33. The van der Waals surface area contributed by atoms with Gasteiger partial charge in [-0.3, -0.25) is 14.9 Å². The first-order valence-electron chi connectivity index (χ1n) is 5.59. The van der Waals surface area contributed by atoms with Crippen LogP contribution in [-0.2, 0) is 0 Å². The number of anilines is 1. The molecule has 1 amide bonds. The number of nitro groups is 1. The number of halogens is 3. The Labute approximate surface area is 128 Å². The topological polar surface area (TPSA) is 72.2 Å². The summed E-state index contributed by atoms with van der Waals surface area (Å²) in [5.74, 6) is -1.59. The molecule has 2 rings (SSSR count). The molecular formula is C13H7Cl2FN2O3. The van der Waals surface area contributed by atoms with Crippen molar-refractivity contribution in [3.05, 3.63) is 67.9 Å². The van der Waals surface area contributed by atoms with Crippen LogP contribution in [0.25, 0.3) is 0 Å². The Bertz CT molecular complexity index is 737. The third-order valence-electron chi connectivity index (χ3n) is 2.59. The zero-order valence-corrected chi connectivity index (χ0v) is 11.8. The number of benzene rings is 2. The van der Waals surface area contributed by atoms with Gasteiger partial charge in [0.25, 0.3) is 5.91 Å². The second-order valence-electron chi connectivity index (χ2n) is 3.97. The molecule has 0 saturated carbocycles. The van der Waals surface area contributed by atoms with Crippen molar-refractivity contribution in [1.29, 1.82) is 0 Å². The first kappa shape index (κ1) is 15.2. The number of para-hydroxylation sites is 1. The number of nitro benzene ring substituents is 1. The number of nitrogens with zero attached hydrogens (tertiary/aromatic N) is 1. The number of carbonyl (C=O) groups excluding carboxylic acids is 1. The minimum Gasteiger partial charge on any atom is -0.319 e. The van der Waals surface area contributed by atoms with Crippen molar-refractivity contribution in [2.75, 3.05) is 5.32 Å². The van der Waals surface area contributed by atoms with Crippen molar-refractivity contribution in [1.82, 2.24) is 0 Å². The van der Waals surface area contributed by atoms with Crippen molar-refractivity contribution < 1.29 is 14.1 Å². The molecule has 0 unspecified atom stereocenters. The fourth-order valence-corrected chi connectivity index (χ4v) is 2.07. The van der Waals surface area contributed by atoms with Crippen molar-refractivity contribution >= 4 is 40.5 Å². The molecule has 108 valence electrons. The molecule has 5 nitrogen and oxygen atoms in total. The molecule has 0 aromatic heterocycles. The van der Waals surface area contributed by atoms with E-state index in [1.807, 2.05) is 0 Å². The Kier molecular flexibility index (Phi) is 4.40. The Morgan fingerprint density at radius 2 is 1.95 bits per heavy atom. The third-order valence-corrected chi connectivity index (χ3v) is 3.13. The molecule has 0 aliphatic heterocycles. The molecule has 0 fully saturated rings. The Morgan fingerprint density at radius 1 is 1.24 bits per heavy atom. The van der Waals surface area contributed by atoms with Crippen LogP contribution < -0.4 is 5.32 Å². The fraction of sp³-hybridized carbons (Fsp3) is 0. The van der Waals surface area contributed by atoms with Crippen LogP contribution in [0.5, 0.6) is 0 Å². The van der Waals surface area contributed by atoms with Gasteiger partial charge in [-0.15, -0.1) is 0 Å². The summed E-state index contributed by atoms with van der Waals surface area (Å²) in [6, 6.07) is 7.57. The number of nitrogens with one attached hydrogen (secondary N) is 1. The lowest BCUT2D eigenvalue weighted by Gasteiger charge is -2.07. The highest BCUT2D eigenvalue weighted by atomic mass is 35.5. The number of amides is 1. The lowest BCUT2D eigenvalue weighted by atomic mass is 10.1. The van der Waals surface area contributed by atoms with Crippen LogP contribution in [0.1, 0.15) is 10.4 Å². The highest BCUT2D eigenvalue weighted by Crippen LogP contribution is 2.29. The fourth-order valence-electron chi connectivity index (χ4n) is 1.66. The van der Waals surface area contributed by atoms with Crippen LogP contribution >= 0.6 is 23.2 Å². The average Bonchev–Trinajstić information content (AvgIpc) is 2.41. The summed E-state index contributed by atoms with van der Waals surface area (Å²) in [5.41, 5.74) is -0.938. The molecular weight excluding hydrogens is 322 g/mol. The van der Waals surface area contributed by atoms with E-state index in [-0.39, 0.29) is 21.3 Å². The second kappa shape index (κ2) is 6.07. The molecule has 1 N–H and O–H groups in total. The van der Waals surface area contributed by atoms with E-state index in [1.165, 1.54) is 30.3 Å². The van der Waals surface area contributed by atoms with Gasteiger partial charge in [0.05, 0.1) is 10.6 Å². The molecule has 0 aliphatic rings. The monoisotopic (exact) mass is 328 g/mol. The van der Waals surface area contributed by atoms with Gasteiger partial charge in [-0.05, 0) is 30.3 Å². The minimum atomic E-state index is -0.842. The van der Waals surface area contributed by atoms with Crippen LogP contribution in [0.3, 0.4) is 0 Å². The molecule has 0 atom stereocenters. The summed E-state index contributed by atoms with van der Waals surface area (Å²) >= 11 is 11.3. The van der Waals surface area contributed by atoms with Gasteiger partial charge in [0.15, 0.2) is 0 Å². The zero-order valence-electron chi connectivity index (χ0n) is 10.3. The maximum Gasteiger partial charge on any atom is 0.300 e. The van der Waals surface area contributed by atoms with E-state index >= 15 is 0 Å². The average molecular weight is 329 g/mol.